The van der Waals surface area contributed by atoms with Gasteiger partial charge in [-0.05, 0) is 59.9 Å². The lowest BCUT2D eigenvalue weighted by atomic mass is 9.89. The van der Waals surface area contributed by atoms with E-state index in [1.54, 1.807) is 23.5 Å². The Morgan fingerprint density at radius 1 is 1.12 bits per heavy atom. The third-order valence-electron chi connectivity index (χ3n) is 4.85. The molecule has 1 aromatic carbocycles. The van der Waals surface area contributed by atoms with Crippen molar-refractivity contribution in [1.82, 2.24) is 5.32 Å². The SMILES string of the molecule is O=C(N[C@H](c1ccc2c(c1)CCCC2)c1cccs1)c1ccc[n+]([O-])c1. The quantitative estimate of drug-likeness (QED) is 0.566. The van der Waals surface area contributed by atoms with E-state index in [4.69, 9.17) is 0 Å². The van der Waals surface area contributed by atoms with Crippen LogP contribution < -0.4 is 10.0 Å². The van der Waals surface area contributed by atoms with E-state index < -0.39 is 0 Å². The smallest absolute Gasteiger partial charge is 0.258 e. The second-order valence-corrected chi connectivity index (χ2v) is 7.59. The Kier molecular flexibility index (Phi) is 4.71. The third kappa shape index (κ3) is 3.48. The molecule has 1 aliphatic carbocycles. The van der Waals surface area contributed by atoms with Crippen LogP contribution in [0, 0.1) is 5.21 Å². The first-order valence-electron chi connectivity index (χ1n) is 8.85. The minimum absolute atomic E-state index is 0.213. The predicted molar refractivity (Wildman–Crippen MR) is 102 cm³/mol. The Morgan fingerprint density at radius 2 is 1.96 bits per heavy atom. The first-order chi connectivity index (χ1) is 12.7. The molecule has 0 saturated heterocycles. The topological polar surface area (TPSA) is 56.0 Å². The largest absolute Gasteiger partial charge is 0.619 e. The van der Waals surface area contributed by atoms with Crippen molar-refractivity contribution in [3.63, 3.8) is 0 Å². The van der Waals surface area contributed by atoms with Gasteiger partial charge in [0.05, 0.1) is 6.04 Å². The minimum Gasteiger partial charge on any atom is -0.619 e. The molecule has 2 aromatic heterocycles. The molecule has 4 rings (SSSR count). The highest BCUT2D eigenvalue weighted by atomic mass is 32.1. The van der Waals surface area contributed by atoms with E-state index in [1.807, 2.05) is 17.5 Å². The van der Waals surface area contributed by atoms with Crippen LogP contribution in [-0.2, 0) is 12.8 Å². The minimum atomic E-state index is -0.244. The zero-order valence-corrected chi connectivity index (χ0v) is 15.2. The van der Waals surface area contributed by atoms with E-state index in [0.717, 1.165) is 23.3 Å². The lowest BCUT2D eigenvalue weighted by molar-refractivity contribution is -0.605. The number of rotatable bonds is 4. The second-order valence-electron chi connectivity index (χ2n) is 6.61. The Balaban J connectivity index is 1.66. The zero-order chi connectivity index (χ0) is 17.9. The number of pyridine rings is 1. The summed E-state index contributed by atoms with van der Waals surface area (Å²) in [4.78, 5) is 13.8. The maximum absolute atomic E-state index is 12.7. The normalized spacial score (nSPS) is 14.5. The van der Waals surface area contributed by atoms with Gasteiger partial charge in [-0.25, -0.2) is 0 Å². The number of nitrogens with one attached hydrogen (secondary N) is 1. The number of nitrogens with zero attached hydrogens (tertiary/aromatic N) is 1. The van der Waals surface area contributed by atoms with Gasteiger partial charge >= 0.3 is 0 Å². The summed E-state index contributed by atoms with van der Waals surface area (Å²) in [5.74, 6) is -0.244. The zero-order valence-electron chi connectivity index (χ0n) is 14.4. The average molecular weight is 364 g/mol. The molecular weight excluding hydrogens is 344 g/mol. The molecule has 26 heavy (non-hydrogen) atoms. The summed E-state index contributed by atoms with van der Waals surface area (Å²) in [6.45, 7) is 0. The van der Waals surface area contributed by atoms with Gasteiger partial charge in [0, 0.05) is 10.9 Å². The molecule has 132 valence electrons. The fraction of sp³-hybridized carbons (Fsp3) is 0.238. The predicted octanol–water partition coefficient (Wildman–Crippen LogP) is 3.78. The van der Waals surface area contributed by atoms with Crippen LogP contribution in [0.1, 0.15) is 50.8 Å². The van der Waals surface area contributed by atoms with Gasteiger partial charge < -0.3 is 10.5 Å². The van der Waals surface area contributed by atoms with Gasteiger partial charge in [-0.2, -0.15) is 4.73 Å². The Labute approximate surface area is 156 Å². The van der Waals surface area contributed by atoms with Crippen molar-refractivity contribution in [3.05, 3.63) is 92.6 Å². The van der Waals surface area contributed by atoms with Gasteiger partial charge in [0.1, 0.15) is 5.56 Å². The highest BCUT2D eigenvalue weighted by Crippen LogP contribution is 2.30. The Morgan fingerprint density at radius 3 is 2.73 bits per heavy atom. The lowest BCUT2D eigenvalue weighted by Gasteiger charge is -2.22. The summed E-state index contributed by atoms with van der Waals surface area (Å²) in [5, 5.41) is 16.6. The van der Waals surface area contributed by atoms with Crippen molar-refractivity contribution in [2.24, 2.45) is 0 Å². The van der Waals surface area contributed by atoms with Crippen LogP contribution in [0.5, 0.6) is 0 Å². The number of benzene rings is 1. The molecule has 3 aromatic rings. The summed E-state index contributed by atoms with van der Waals surface area (Å²) in [7, 11) is 0. The molecule has 0 radical (unpaired) electrons. The summed E-state index contributed by atoms with van der Waals surface area (Å²) >= 11 is 1.62. The first-order valence-corrected chi connectivity index (χ1v) is 9.73. The molecule has 0 aliphatic heterocycles. The van der Waals surface area contributed by atoms with Crippen LogP contribution >= 0.6 is 11.3 Å². The standard InChI is InChI=1S/C21H20N2O2S/c24-21(18-7-3-11-23(25)14-18)22-20(19-8-4-12-26-19)17-10-9-15-5-1-2-6-16(15)13-17/h3-4,7-14,20H,1-2,5-6H2,(H,22,24)/t20-/m1/s1. The van der Waals surface area contributed by atoms with Crippen molar-refractivity contribution in [2.75, 3.05) is 0 Å². The lowest BCUT2D eigenvalue weighted by Crippen LogP contribution is -2.32. The molecule has 0 bridgehead atoms. The molecule has 1 amide bonds. The van der Waals surface area contributed by atoms with Crippen LogP contribution in [0.4, 0.5) is 0 Å². The van der Waals surface area contributed by atoms with Crippen LogP contribution in [0.25, 0.3) is 0 Å². The van der Waals surface area contributed by atoms with E-state index in [1.165, 1.54) is 36.4 Å². The maximum atomic E-state index is 12.7. The van der Waals surface area contributed by atoms with Crippen molar-refractivity contribution in [2.45, 2.75) is 31.7 Å². The maximum Gasteiger partial charge on any atom is 0.258 e. The van der Waals surface area contributed by atoms with E-state index in [0.29, 0.717) is 10.3 Å². The van der Waals surface area contributed by atoms with Crippen molar-refractivity contribution in [3.8, 4) is 0 Å². The van der Waals surface area contributed by atoms with Gasteiger partial charge in [-0.3, -0.25) is 4.79 Å². The van der Waals surface area contributed by atoms with Gasteiger partial charge in [0.15, 0.2) is 12.4 Å². The van der Waals surface area contributed by atoms with E-state index in [2.05, 4.69) is 23.5 Å². The number of thiophene rings is 1. The molecule has 2 heterocycles. The second kappa shape index (κ2) is 7.30. The molecule has 1 aliphatic rings. The summed E-state index contributed by atoms with van der Waals surface area (Å²) in [5.41, 5.74) is 4.27. The fourth-order valence-corrected chi connectivity index (χ4v) is 4.31. The van der Waals surface area contributed by atoms with Crippen LogP contribution in [-0.4, -0.2) is 5.91 Å². The molecular formula is C21H20N2O2S. The number of carbonyl (C=O) groups is 1. The third-order valence-corrected chi connectivity index (χ3v) is 5.78. The number of fused-ring (bicyclic) bond motifs is 1. The monoisotopic (exact) mass is 364 g/mol. The van der Waals surface area contributed by atoms with Crippen molar-refractivity contribution in [1.29, 1.82) is 0 Å². The number of carbonyl (C=O) groups excluding carboxylic acids is 1. The highest BCUT2D eigenvalue weighted by Gasteiger charge is 2.21. The van der Waals surface area contributed by atoms with Crippen LogP contribution in [0.2, 0.25) is 0 Å². The molecule has 1 N–H and O–H groups in total. The summed E-state index contributed by atoms with van der Waals surface area (Å²) in [6, 6.07) is 13.6. The molecule has 0 saturated carbocycles. The Bertz CT molecular complexity index is 922. The number of amides is 1. The summed E-state index contributed by atoms with van der Waals surface area (Å²) in [6.07, 6.45) is 7.38. The number of aryl methyl sites for hydroxylation is 2. The van der Waals surface area contributed by atoms with Crippen LogP contribution in [0.15, 0.2) is 60.2 Å². The van der Waals surface area contributed by atoms with Crippen molar-refractivity contribution < 1.29 is 9.52 Å². The fourth-order valence-electron chi connectivity index (χ4n) is 3.51. The summed E-state index contributed by atoms with van der Waals surface area (Å²) < 4.78 is 0.647. The molecule has 0 unspecified atom stereocenters. The van der Waals surface area contributed by atoms with E-state index in [-0.39, 0.29) is 11.9 Å². The van der Waals surface area contributed by atoms with Gasteiger partial charge in [-0.15, -0.1) is 11.3 Å². The molecule has 1 atom stereocenters. The molecule has 0 spiro atoms. The molecule has 5 heteroatoms. The average Bonchev–Trinajstić information content (AvgIpc) is 3.20. The Hall–Kier alpha value is -2.66. The van der Waals surface area contributed by atoms with E-state index in [9.17, 15) is 10.0 Å². The molecule has 4 nitrogen and oxygen atoms in total. The molecule has 0 fully saturated rings. The van der Waals surface area contributed by atoms with Gasteiger partial charge in [-0.1, -0.05) is 24.3 Å². The first kappa shape index (κ1) is 16.8. The number of hydrogen-bond donors (Lipinski definition) is 1. The number of aromatic nitrogens is 1. The van der Waals surface area contributed by atoms with Crippen LogP contribution in [0.3, 0.4) is 0 Å². The van der Waals surface area contributed by atoms with Gasteiger partial charge in [0.2, 0.25) is 0 Å². The highest BCUT2D eigenvalue weighted by molar-refractivity contribution is 7.10. The van der Waals surface area contributed by atoms with Crippen molar-refractivity contribution >= 4 is 17.2 Å². The number of hydrogen-bond acceptors (Lipinski definition) is 3. The van der Waals surface area contributed by atoms with Gasteiger partial charge in [0.25, 0.3) is 5.91 Å². The van der Waals surface area contributed by atoms with E-state index >= 15 is 0 Å².